The van der Waals surface area contributed by atoms with E-state index in [2.05, 4.69) is 33.0 Å². The second kappa shape index (κ2) is 7.10. The third kappa shape index (κ3) is 3.45. The Labute approximate surface area is 111 Å². The molecule has 1 heterocycles. The first kappa shape index (κ1) is 15.4. The molecule has 0 aromatic carbocycles. The van der Waals surface area contributed by atoms with Crippen LogP contribution in [0.1, 0.15) is 40.5 Å². The van der Waals surface area contributed by atoms with E-state index in [9.17, 15) is 9.90 Å². The molecule has 0 saturated carbocycles. The summed E-state index contributed by atoms with van der Waals surface area (Å²) >= 11 is 0. The molecule has 1 aliphatic rings. The van der Waals surface area contributed by atoms with Gasteiger partial charge in [0.15, 0.2) is 0 Å². The molecule has 4 nitrogen and oxygen atoms in total. The van der Waals surface area contributed by atoms with Crippen molar-refractivity contribution in [3.63, 3.8) is 0 Å². The van der Waals surface area contributed by atoms with Gasteiger partial charge in [0, 0.05) is 25.0 Å². The molecule has 106 valence electrons. The van der Waals surface area contributed by atoms with Gasteiger partial charge in [0.25, 0.3) is 0 Å². The van der Waals surface area contributed by atoms with Gasteiger partial charge in [-0.05, 0) is 18.8 Å². The molecule has 1 fully saturated rings. The maximum Gasteiger partial charge on any atom is 0.226 e. The second-order valence-electron chi connectivity index (χ2n) is 5.60. The van der Waals surface area contributed by atoms with Crippen LogP contribution in [0.2, 0.25) is 0 Å². The van der Waals surface area contributed by atoms with Gasteiger partial charge >= 0.3 is 0 Å². The lowest BCUT2D eigenvalue weighted by molar-refractivity contribution is -0.141. The Morgan fingerprint density at radius 3 is 2.44 bits per heavy atom. The fourth-order valence-electron chi connectivity index (χ4n) is 2.58. The highest BCUT2D eigenvalue weighted by Crippen LogP contribution is 2.19. The van der Waals surface area contributed by atoms with Gasteiger partial charge in [-0.1, -0.05) is 27.7 Å². The SMILES string of the molecule is CCC(CC)C(=O)N1CC(C(C)C)NCC1CO. The molecule has 2 atom stereocenters. The number of nitrogens with one attached hydrogen (secondary N) is 1. The maximum absolute atomic E-state index is 12.5. The molecular formula is C14H28N2O2. The van der Waals surface area contributed by atoms with Crippen LogP contribution in [-0.4, -0.2) is 47.7 Å². The molecule has 1 saturated heterocycles. The Bertz CT molecular complexity index is 265. The van der Waals surface area contributed by atoms with Crippen LogP contribution < -0.4 is 5.32 Å². The average Bonchev–Trinajstić information content (AvgIpc) is 2.39. The van der Waals surface area contributed by atoms with Gasteiger partial charge in [0.05, 0.1) is 12.6 Å². The third-order valence-corrected chi connectivity index (χ3v) is 4.08. The Morgan fingerprint density at radius 2 is 2.00 bits per heavy atom. The summed E-state index contributed by atoms with van der Waals surface area (Å²) in [6, 6.07) is 0.277. The minimum absolute atomic E-state index is 0.0453. The van der Waals surface area contributed by atoms with E-state index in [0.717, 1.165) is 19.4 Å². The summed E-state index contributed by atoms with van der Waals surface area (Å²) in [6.45, 7) is 9.91. The van der Waals surface area contributed by atoms with Crippen molar-refractivity contribution < 1.29 is 9.90 Å². The zero-order chi connectivity index (χ0) is 13.7. The Hall–Kier alpha value is -0.610. The van der Waals surface area contributed by atoms with Crippen LogP contribution in [0.5, 0.6) is 0 Å². The molecular weight excluding hydrogens is 228 g/mol. The number of aliphatic hydroxyl groups excluding tert-OH is 1. The van der Waals surface area contributed by atoms with Crippen molar-refractivity contribution >= 4 is 5.91 Å². The number of nitrogens with zero attached hydrogens (tertiary/aromatic N) is 1. The summed E-state index contributed by atoms with van der Waals surface area (Å²) in [4.78, 5) is 14.4. The van der Waals surface area contributed by atoms with Crippen molar-refractivity contribution in [2.24, 2.45) is 11.8 Å². The highest BCUT2D eigenvalue weighted by molar-refractivity contribution is 5.79. The number of amides is 1. The molecule has 0 aromatic heterocycles. The molecule has 4 heteroatoms. The fraction of sp³-hybridized carbons (Fsp3) is 0.929. The molecule has 1 amide bonds. The van der Waals surface area contributed by atoms with Crippen LogP contribution in [0, 0.1) is 11.8 Å². The van der Waals surface area contributed by atoms with Crippen molar-refractivity contribution in [1.82, 2.24) is 10.2 Å². The molecule has 0 spiro atoms. The first-order valence-corrected chi connectivity index (χ1v) is 7.19. The zero-order valence-electron chi connectivity index (χ0n) is 12.1. The zero-order valence-corrected chi connectivity index (χ0v) is 12.1. The summed E-state index contributed by atoms with van der Waals surface area (Å²) in [5.41, 5.74) is 0. The monoisotopic (exact) mass is 256 g/mol. The molecule has 2 N–H and O–H groups in total. The molecule has 18 heavy (non-hydrogen) atoms. The lowest BCUT2D eigenvalue weighted by atomic mass is 9.95. The van der Waals surface area contributed by atoms with Crippen LogP contribution in [0.3, 0.4) is 0 Å². The van der Waals surface area contributed by atoms with Crippen molar-refractivity contribution in [2.75, 3.05) is 19.7 Å². The first-order valence-electron chi connectivity index (χ1n) is 7.19. The second-order valence-corrected chi connectivity index (χ2v) is 5.60. The predicted octanol–water partition coefficient (Wildman–Crippen LogP) is 1.24. The van der Waals surface area contributed by atoms with E-state index in [-0.39, 0.29) is 24.5 Å². The number of aliphatic hydroxyl groups is 1. The summed E-state index contributed by atoms with van der Waals surface area (Å²) in [6.07, 6.45) is 1.76. The fourth-order valence-corrected chi connectivity index (χ4v) is 2.58. The number of hydrogen-bond acceptors (Lipinski definition) is 3. The number of carbonyl (C=O) groups is 1. The molecule has 0 bridgehead atoms. The Morgan fingerprint density at radius 1 is 1.39 bits per heavy atom. The molecule has 0 aliphatic carbocycles. The van der Waals surface area contributed by atoms with E-state index < -0.39 is 0 Å². The van der Waals surface area contributed by atoms with E-state index in [1.165, 1.54) is 0 Å². The normalized spacial score (nSPS) is 24.9. The molecule has 1 aliphatic heterocycles. The van der Waals surface area contributed by atoms with Gasteiger partial charge in [-0.3, -0.25) is 4.79 Å². The van der Waals surface area contributed by atoms with Crippen LogP contribution in [0.4, 0.5) is 0 Å². The number of hydrogen-bond donors (Lipinski definition) is 2. The van der Waals surface area contributed by atoms with E-state index in [4.69, 9.17) is 0 Å². The van der Waals surface area contributed by atoms with Gasteiger partial charge in [0.1, 0.15) is 0 Å². The van der Waals surface area contributed by atoms with Gasteiger partial charge in [-0.15, -0.1) is 0 Å². The van der Waals surface area contributed by atoms with Crippen LogP contribution in [-0.2, 0) is 4.79 Å². The minimum Gasteiger partial charge on any atom is -0.394 e. The van der Waals surface area contributed by atoms with Crippen molar-refractivity contribution in [1.29, 1.82) is 0 Å². The van der Waals surface area contributed by atoms with E-state index in [0.29, 0.717) is 18.5 Å². The largest absolute Gasteiger partial charge is 0.394 e. The standard InChI is InChI=1S/C14H28N2O2/c1-5-11(6-2)14(18)16-8-13(10(3)4)15-7-12(16)9-17/h10-13,15,17H,5-9H2,1-4H3. The van der Waals surface area contributed by atoms with Crippen molar-refractivity contribution in [3.05, 3.63) is 0 Å². The van der Waals surface area contributed by atoms with Crippen LogP contribution in [0.15, 0.2) is 0 Å². The predicted molar refractivity (Wildman–Crippen MR) is 73.3 cm³/mol. The number of piperazine rings is 1. The van der Waals surface area contributed by atoms with E-state index >= 15 is 0 Å². The molecule has 2 unspecified atom stereocenters. The smallest absolute Gasteiger partial charge is 0.226 e. The lowest BCUT2D eigenvalue weighted by Crippen LogP contribution is -2.61. The third-order valence-electron chi connectivity index (χ3n) is 4.08. The Balaban J connectivity index is 2.76. The van der Waals surface area contributed by atoms with Crippen molar-refractivity contribution in [3.8, 4) is 0 Å². The minimum atomic E-state index is -0.0619. The van der Waals surface area contributed by atoms with Crippen LogP contribution in [0.25, 0.3) is 0 Å². The van der Waals surface area contributed by atoms with E-state index in [1.54, 1.807) is 0 Å². The van der Waals surface area contributed by atoms with Crippen LogP contribution >= 0.6 is 0 Å². The highest BCUT2D eigenvalue weighted by Gasteiger charge is 2.34. The summed E-state index contributed by atoms with van der Waals surface area (Å²) in [5, 5.41) is 12.9. The lowest BCUT2D eigenvalue weighted by Gasteiger charge is -2.42. The quantitative estimate of drug-likeness (QED) is 0.778. The van der Waals surface area contributed by atoms with E-state index in [1.807, 2.05) is 4.90 Å². The number of carbonyl (C=O) groups excluding carboxylic acids is 1. The first-order chi connectivity index (χ1) is 8.54. The van der Waals surface area contributed by atoms with Crippen molar-refractivity contribution in [2.45, 2.75) is 52.6 Å². The summed E-state index contributed by atoms with van der Waals surface area (Å²) in [5.74, 6) is 0.817. The maximum atomic E-state index is 12.5. The topological polar surface area (TPSA) is 52.6 Å². The summed E-state index contributed by atoms with van der Waals surface area (Å²) in [7, 11) is 0. The average molecular weight is 256 g/mol. The van der Waals surface area contributed by atoms with Gasteiger partial charge in [-0.25, -0.2) is 0 Å². The molecule has 0 radical (unpaired) electrons. The summed E-state index contributed by atoms with van der Waals surface area (Å²) < 4.78 is 0. The number of rotatable bonds is 5. The highest BCUT2D eigenvalue weighted by atomic mass is 16.3. The molecule has 0 aromatic rings. The molecule has 1 rings (SSSR count). The Kier molecular flexibility index (Phi) is 6.09. The van der Waals surface area contributed by atoms with Gasteiger partial charge in [-0.2, -0.15) is 0 Å². The van der Waals surface area contributed by atoms with Gasteiger partial charge in [0.2, 0.25) is 5.91 Å². The van der Waals surface area contributed by atoms with Gasteiger partial charge < -0.3 is 15.3 Å².